The zero-order valence-corrected chi connectivity index (χ0v) is 12.5. The highest BCUT2D eigenvalue weighted by Crippen LogP contribution is 2.20. The van der Waals surface area contributed by atoms with E-state index in [0.717, 1.165) is 25.7 Å². The van der Waals surface area contributed by atoms with Crippen molar-refractivity contribution in [3.8, 4) is 0 Å². The molecule has 2 unspecified atom stereocenters. The van der Waals surface area contributed by atoms with Gasteiger partial charge in [0.1, 0.15) is 6.04 Å². The van der Waals surface area contributed by atoms with E-state index in [1.807, 2.05) is 0 Å². The van der Waals surface area contributed by atoms with Crippen LogP contribution in [0.15, 0.2) is 0 Å². The molecule has 20 heavy (non-hydrogen) atoms. The van der Waals surface area contributed by atoms with Crippen molar-refractivity contribution in [3.63, 3.8) is 0 Å². The maximum atomic E-state index is 11.9. The molecule has 0 aliphatic heterocycles. The van der Waals surface area contributed by atoms with Crippen LogP contribution in [-0.2, 0) is 4.79 Å². The van der Waals surface area contributed by atoms with Crippen LogP contribution >= 0.6 is 0 Å². The molecule has 0 aromatic carbocycles. The Morgan fingerprint density at radius 2 is 1.75 bits per heavy atom. The number of nitrogens with one attached hydrogen (secondary N) is 2. The van der Waals surface area contributed by atoms with Gasteiger partial charge < -0.3 is 20.8 Å². The van der Waals surface area contributed by atoms with Crippen LogP contribution in [-0.4, -0.2) is 40.4 Å². The van der Waals surface area contributed by atoms with Crippen molar-refractivity contribution in [3.05, 3.63) is 0 Å². The number of urea groups is 1. The van der Waals surface area contributed by atoms with Gasteiger partial charge in [0, 0.05) is 0 Å². The van der Waals surface area contributed by atoms with Crippen molar-refractivity contribution in [2.75, 3.05) is 0 Å². The number of aliphatic carboxylic acids is 1. The number of aliphatic hydroxyl groups excluding tert-OH is 1. The summed E-state index contributed by atoms with van der Waals surface area (Å²) in [7, 11) is 0. The fourth-order valence-electron chi connectivity index (χ4n) is 2.45. The highest BCUT2D eigenvalue weighted by Gasteiger charge is 2.33. The molecule has 0 spiro atoms. The van der Waals surface area contributed by atoms with Crippen LogP contribution in [0.5, 0.6) is 0 Å². The highest BCUT2D eigenvalue weighted by atomic mass is 16.4. The summed E-state index contributed by atoms with van der Waals surface area (Å²) in [6.45, 7) is 5.27. The van der Waals surface area contributed by atoms with Gasteiger partial charge in [-0.15, -0.1) is 0 Å². The largest absolute Gasteiger partial charge is 0.480 e. The predicted octanol–water partition coefficient (Wildman–Crippen LogP) is 1.48. The SMILES string of the molecule is CC(C)(C)[C@@H](NC(=O)NC1CCCCCC1O)C(=O)O. The van der Waals surface area contributed by atoms with E-state index in [2.05, 4.69) is 10.6 Å². The molecule has 0 bridgehead atoms. The molecule has 0 aromatic rings. The molecule has 0 saturated heterocycles. The lowest BCUT2D eigenvalue weighted by atomic mass is 9.87. The van der Waals surface area contributed by atoms with Crippen molar-refractivity contribution in [1.29, 1.82) is 0 Å². The summed E-state index contributed by atoms with van der Waals surface area (Å²) in [5, 5.41) is 24.3. The predicted molar refractivity (Wildman–Crippen MR) is 75.4 cm³/mol. The van der Waals surface area contributed by atoms with Gasteiger partial charge in [-0.2, -0.15) is 0 Å². The van der Waals surface area contributed by atoms with Gasteiger partial charge in [0.2, 0.25) is 0 Å². The van der Waals surface area contributed by atoms with Gasteiger partial charge in [-0.05, 0) is 18.3 Å². The quantitative estimate of drug-likeness (QED) is 0.591. The van der Waals surface area contributed by atoms with Crippen molar-refractivity contribution in [2.24, 2.45) is 5.41 Å². The first-order valence-corrected chi connectivity index (χ1v) is 7.19. The Bertz CT molecular complexity index is 352. The molecule has 4 N–H and O–H groups in total. The number of carbonyl (C=O) groups is 2. The molecule has 1 saturated carbocycles. The number of hydrogen-bond donors (Lipinski definition) is 4. The average Bonchev–Trinajstić information content (AvgIpc) is 2.50. The summed E-state index contributed by atoms with van der Waals surface area (Å²) in [4.78, 5) is 23.1. The van der Waals surface area contributed by atoms with Crippen molar-refractivity contribution in [2.45, 2.75) is 71.1 Å². The molecular formula is C14H26N2O4. The highest BCUT2D eigenvalue weighted by molar-refractivity contribution is 5.83. The number of hydrogen-bond acceptors (Lipinski definition) is 3. The fraction of sp³-hybridized carbons (Fsp3) is 0.857. The number of rotatable bonds is 3. The summed E-state index contributed by atoms with van der Waals surface area (Å²) in [5.74, 6) is -1.06. The standard InChI is InChI=1S/C14H26N2O4/c1-14(2,3)11(12(18)19)16-13(20)15-9-7-5-4-6-8-10(9)17/h9-11,17H,4-8H2,1-3H3,(H,18,19)(H2,15,16,20)/t9?,10?,11-/m0/s1. The molecule has 0 aromatic heterocycles. The van der Waals surface area contributed by atoms with Crippen LogP contribution in [0.2, 0.25) is 0 Å². The summed E-state index contributed by atoms with van der Waals surface area (Å²) >= 11 is 0. The number of aliphatic hydroxyl groups is 1. The average molecular weight is 286 g/mol. The Hall–Kier alpha value is -1.30. The van der Waals surface area contributed by atoms with E-state index >= 15 is 0 Å². The van der Waals surface area contributed by atoms with E-state index in [4.69, 9.17) is 5.11 Å². The van der Waals surface area contributed by atoms with Gasteiger partial charge in [0.05, 0.1) is 12.1 Å². The minimum atomic E-state index is -1.06. The molecule has 1 fully saturated rings. The molecule has 6 heteroatoms. The van der Waals surface area contributed by atoms with Gasteiger partial charge in [-0.1, -0.05) is 40.0 Å². The Balaban J connectivity index is 2.59. The molecule has 0 radical (unpaired) electrons. The summed E-state index contributed by atoms with van der Waals surface area (Å²) in [6, 6.07) is -1.80. The maximum absolute atomic E-state index is 11.9. The van der Waals surface area contributed by atoms with Crippen LogP contribution in [0.4, 0.5) is 4.79 Å². The third kappa shape index (κ3) is 5.00. The third-order valence-corrected chi connectivity index (χ3v) is 3.68. The van der Waals surface area contributed by atoms with Crippen LogP contribution in [0.3, 0.4) is 0 Å². The molecule has 116 valence electrons. The molecule has 1 rings (SSSR count). The smallest absolute Gasteiger partial charge is 0.326 e. The Morgan fingerprint density at radius 1 is 1.15 bits per heavy atom. The van der Waals surface area contributed by atoms with Gasteiger partial charge in [0.25, 0.3) is 0 Å². The molecule has 3 atom stereocenters. The van der Waals surface area contributed by atoms with Crippen LogP contribution < -0.4 is 10.6 Å². The second kappa shape index (κ2) is 6.92. The number of carboxylic acid groups (broad SMARTS) is 1. The molecule has 0 heterocycles. The van der Waals surface area contributed by atoms with Crippen LogP contribution in [0.25, 0.3) is 0 Å². The second-order valence-electron chi connectivity index (χ2n) is 6.57. The van der Waals surface area contributed by atoms with E-state index < -0.39 is 29.6 Å². The fourth-order valence-corrected chi connectivity index (χ4v) is 2.45. The summed E-state index contributed by atoms with van der Waals surface area (Å²) in [5.41, 5.74) is -0.578. The Morgan fingerprint density at radius 3 is 2.30 bits per heavy atom. The van der Waals surface area contributed by atoms with Gasteiger partial charge in [-0.25, -0.2) is 9.59 Å². The third-order valence-electron chi connectivity index (χ3n) is 3.68. The second-order valence-corrected chi connectivity index (χ2v) is 6.57. The van der Waals surface area contributed by atoms with Crippen LogP contribution in [0, 0.1) is 5.41 Å². The monoisotopic (exact) mass is 286 g/mol. The van der Waals surface area contributed by atoms with E-state index in [9.17, 15) is 14.7 Å². The molecule has 2 amide bonds. The first-order valence-electron chi connectivity index (χ1n) is 7.19. The topological polar surface area (TPSA) is 98.7 Å². The Labute approximate surface area is 119 Å². The van der Waals surface area contributed by atoms with Gasteiger partial charge in [0.15, 0.2) is 0 Å². The summed E-state index contributed by atoms with van der Waals surface area (Å²) < 4.78 is 0. The number of carbonyl (C=O) groups excluding carboxylic acids is 1. The van der Waals surface area contributed by atoms with Gasteiger partial charge >= 0.3 is 12.0 Å². The first kappa shape index (κ1) is 16.8. The normalized spacial score (nSPS) is 25.4. The first-order chi connectivity index (χ1) is 9.21. The van der Waals surface area contributed by atoms with E-state index in [1.165, 1.54) is 0 Å². The molecule has 1 aliphatic carbocycles. The molecular weight excluding hydrogens is 260 g/mol. The maximum Gasteiger partial charge on any atom is 0.326 e. The van der Waals surface area contributed by atoms with E-state index in [1.54, 1.807) is 20.8 Å². The van der Waals surface area contributed by atoms with Crippen molar-refractivity contribution in [1.82, 2.24) is 10.6 Å². The minimum absolute atomic E-state index is 0.299. The van der Waals surface area contributed by atoms with E-state index in [-0.39, 0.29) is 6.04 Å². The number of amides is 2. The lowest BCUT2D eigenvalue weighted by molar-refractivity contribution is -0.141. The summed E-state index contributed by atoms with van der Waals surface area (Å²) in [6.07, 6.45) is 3.82. The molecule has 1 aliphatic rings. The lowest BCUT2D eigenvalue weighted by Crippen LogP contribution is -2.55. The number of carboxylic acids is 1. The lowest BCUT2D eigenvalue weighted by Gasteiger charge is -2.29. The minimum Gasteiger partial charge on any atom is -0.480 e. The van der Waals surface area contributed by atoms with Crippen molar-refractivity contribution >= 4 is 12.0 Å². The Kier molecular flexibility index (Phi) is 5.80. The van der Waals surface area contributed by atoms with Crippen LogP contribution in [0.1, 0.15) is 52.9 Å². The van der Waals surface area contributed by atoms with Gasteiger partial charge in [-0.3, -0.25) is 0 Å². The zero-order chi connectivity index (χ0) is 15.3. The zero-order valence-electron chi connectivity index (χ0n) is 12.5. The molecule has 6 nitrogen and oxygen atoms in total. The van der Waals surface area contributed by atoms with Crippen molar-refractivity contribution < 1.29 is 19.8 Å². The van der Waals surface area contributed by atoms with E-state index in [0.29, 0.717) is 6.42 Å².